The Hall–Kier alpha value is -2.70. The lowest BCUT2D eigenvalue weighted by Gasteiger charge is -2.09. The van der Waals surface area contributed by atoms with Crippen molar-refractivity contribution in [2.75, 3.05) is 11.1 Å². The van der Waals surface area contributed by atoms with E-state index in [2.05, 4.69) is 5.32 Å². The van der Waals surface area contributed by atoms with Gasteiger partial charge in [-0.1, -0.05) is 12.1 Å². The molecule has 2 aromatic carbocycles. The van der Waals surface area contributed by atoms with Gasteiger partial charge in [-0.15, -0.1) is 0 Å². The van der Waals surface area contributed by atoms with Gasteiger partial charge in [0, 0.05) is 12.2 Å². The number of rotatable bonds is 4. The van der Waals surface area contributed by atoms with Crippen molar-refractivity contribution in [1.82, 2.24) is 0 Å². The number of halogens is 2. The first-order valence-corrected chi connectivity index (χ1v) is 5.69. The van der Waals surface area contributed by atoms with E-state index < -0.39 is 27.9 Å². The van der Waals surface area contributed by atoms with E-state index in [1.165, 1.54) is 0 Å². The molecular formula is C13H11F2N3O2. The molecule has 0 aliphatic heterocycles. The number of benzene rings is 2. The summed E-state index contributed by atoms with van der Waals surface area (Å²) in [6.45, 7) is 0.173. The quantitative estimate of drug-likeness (QED) is 0.512. The van der Waals surface area contributed by atoms with E-state index in [0.717, 1.165) is 5.56 Å². The van der Waals surface area contributed by atoms with Crippen molar-refractivity contribution in [3.8, 4) is 0 Å². The van der Waals surface area contributed by atoms with Crippen LogP contribution in [-0.2, 0) is 6.54 Å². The first-order chi connectivity index (χ1) is 9.47. The molecule has 5 nitrogen and oxygen atoms in total. The predicted molar refractivity (Wildman–Crippen MR) is 71.2 cm³/mol. The lowest BCUT2D eigenvalue weighted by atomic mass is 10.2. The number of hydrogen-bond acceptors (Lipinski definition) is 4. The summed E-state index contributed by atoms with van der Waals surface area (Å²) in [5, 5.41) is 13.0. The molecule has 0 aliphatic rings. The molecule has 0 aromatic heterocycles. The Morgan fingerprint density at radius 1 is 1.15 bits per heavy atom. The molecule has 2 aromatic rings. The SMILES string of the molecule is Nc1ccc(CNc2c(F)cc([N+](=O)[O-])cc2F)cc1. The third kappa shape index (κ3) is 3.00. The maximum absolute atomic E-state index is 13.6. The van der Waals surface area contributed by atoms with Gasteiger partial charge < -0.3 is 11.1 Å². The van der Waals surface area contributed by atoms with Crippen LogP contribution in [0.25, 0.3) is 0 Å². The first kappa shape index (κ1) is 13.7. The van der Waals surface area contributed by atoms with Crippen molar-refractivity contribution in [3.05, 3.63) is 63.7 Å². The standard InChI is InChI=1S/C13H11F2N3O2/c14-11-5-10(18(19)20)6-12(15)13(11)17-7-8-1-3-9(16)4-2-8/h1-6,17H,7,16H2. The molecule has 0 atom stereocenters. The van der Waals surface area contributed by atoms with Gasteiger partial charge in [0.15, 0.2) is 11.6 Å². The van der Waals surface area contributed by atoms with Crippen LogP contribution in [0.15, 0.2) is 36.4 Å². The van der Waals surface area contributed by atoms with Crippen molar-refractivity contribution in [2.24, 2.45) is 0 Å². The molecule has 0 unspecified atom stereocenters. The lowest BCUT2D eigenvalue weighted by Crippen LogP contribution is -2.05. The molecule has 0 radical (unpaired) electrons. The number of anilines is 2. The molecule has 0 fully saturated rings. The van der Waals surface area contributed by atoms with Gasteiger partial charge >= 0.3 is 0 Å². The van der Waals surface area contributed by atoms with Crippen LogP contribution in [0.3, 0.4) is 0 Å². The van der Waals surface area contributed by atoms with Crippen LogP contribution in [0.1, 0.15) is 5.56 Å². The largest absolute Gasteiger partial charge is 0.399 e. The van der Waals surface area contributed by atoms with Gasteiger partial charge in [-0.05, 0) is 17.7 Å². The monoisotopic (exact) mass is 279 g/mol. The highest BCUT2D eigenvalue weighted by Gasteiger charge is 2.16. The Morgan fingerprint density at radius 3 is 2.20 bits per heavy atom. The molecule has 0 amide bonds. The highest BCUT2D eigenvalue weighted by molar-refractivity contribution is 5.52. The fraction of sp³-hybridized carbons (Fsp3) is 0.0769. The van der Waals surface area contributed by atoms with E-state index in [1.807, 2.05) is 0 Å². The number of nitro groups is 1. The van der Waals surface area contributed by atoms with Gasteiger partial charge in [0.2, 0.25) is 0 Å². The highest BCUT2D eigenvalue weighted by atomic mass is 19.1. The summed E-state index contributed by atoms with van der Waals surface area (Å²) < 4.78 is 27.2. The van der Waals surface area contributed by atoms with Crippen LogP contribution < -0.4 is 11.1 Å². The van der Waals surface area contributed by atoms with E-state index in [1.54, 1.807) is 24.3 Å². The van der Waals surface area contributed by atoms with E-state index >= 15 is 0 Å². The van der Waals surface area contributed by atoms with E-state index in [4.69, 9.17) is 5.73 Å². The molecule has 3 N–H and O–H groups in total. The molecule has 2 rings (SSSR count). The highest BCUT2D eigenvalue weighted by Crippen LogP contribution is 2.25. The van der Waals surface area contributed by atoms with Crippen LogP contribution in [0.2, 0.25) is 0 Å². The molecular weight excluding hydrogens is 268 g/mol. The minimum Gasteiger partial charge on any atom is -0.399 e. The molecule has 0 aliphatic carbocycles. The summed E-state index contributed by atoms with van der Waals surface area (Å²) in [6, 6.07) is 8.11. The van der Waals surface area contributed by atoms with Crippen LogP contribution in [0.5, 0.6) is 0 Å². The Balaban J connectivity index is 2.17. The second-order valence-electron chi connectivity index (χ2n) is 4.14. The zero-order valence-corrected chi connectivity index (χ0v) is 10.3. The van der Waals surface area contributed by atoms with Gasteiger partial charge in [-0.3, -0.25) is 10.1 Å². The van der Waals surface area contributed by atoms with Gasteiger partial charge in [-0.2, -0.15) is 0 Å². The predicted octanol–water partition coefficient (Wildman–Crippen LogP) is 3.07. The third-order valence-electron chi connectivity index (χ3n) is 2.69. The number of nitrogens with one attached hydrogen (secondary N) is 1. The van der Waals surface area contributed by atoms with Crippen LogP contribution >= 0.6 is 0 Å². The number of nitrogens with zero attached hydrogens (tertiary/aromatic N) is 1. The summed E-state index contributed by atoms with van der Waals surface area (Å²) in [4.78, 5) is 9.62. The Labute approximate surface area is 113 Å². The van der Waals surface area contributed by atoms with Crippen LogP contribution in [0.4, 0.5) is 25.8 Å². The van der Waals surface area contributed by atoms with Gasteiger partial charge in [0.05, 0.1) is 17.1 Å². The molecule has 0 heterocycles. The number of non-ortho nitro benzene ring substituents is 1. The molecule has 0 spiro atoms. The minimum atomic E-state index is -1.01. The summed E-state index contributed by atoms with van der Waals surface area (Å²) in [7, 11) is 0. The molecule has 20 heavy (non-hydrogen) atoms. The average molecular weight is 279 g/mol. The maximum atomic E-state index is 13.6. The smallest absolute Gasteiger partial charge is 0.275 e. The number of nitrogens with two attached hydrogens (primary N) is 1. The maximum Gasteiger partial charge on any atom is 0.275 e. The van der Waals surface area contributed by atoms with Crippen molar-refractivity contribution >= 4 is 17.1 Å². The average Bonchev–Trinajstić information content (AvgIpc) is 2.39. The number of hydrogen-bond donors (Lipinski definition) is 2. The topological polar surface area (TPSA) is 81.2 Å². The second-order valence-corrected chi connectivity index (χ2v) is 4.14. The summed E-state index contributed by atoms with van der Waals surface area (Å²) in [5.41, 5.74) is 5.86. The fourth-order valence-electron chi connectivity index (χ4n) is 1.66. The summed E-state index contributed by atoms with van der Waals surface area (Å²) >= 11 is 0. The van der Waals surface area contributed by atoms with E-state index in [0.29, 0.717) is 17.8 Å². The zero-order valence-electron chi connectivity index (χ0n) is 10.3. The lowest BCUT2D eigenvalue weighted by molar-refractivity contribution is -0.385. The zero-order chi connectivity index (χ0) is 14.7. The molecule has 0 saturated carbocycles. The fourth-order valence-corrected chi connectivity index (χ4v) is 1.66. The van der Waals surface area contributed by atoms with E-state index in [9.17, 15) is 18.9 Å². The Kier molecular flexibility index (Phi) is 3.79. The van der Waals surface area contributed by atoms with Crippen molar-refractivity contribution in [3.63, 3.8) is 0 Å². The summed E-state index contributed by atoms with van der Waals surface area (Å²) in [5.74, 6) is -2.01. The van der Waals surface area contributed by atoms with Gasteiger partial charge in [-0.25, -0.2) is 8.78 Å². The second kappa shape index (κ2) is 5.52. The number of nitro benzene ring substituents is 1. The van der Waals surface area contributed by atoms with Gasteiger partial charge in [0.1, 0.15) is 5.69 Å². The van der Waals surface area contributed by atoms with Crippen LogP contribution in [0, 0.1) is 21.7 Å². The summed E-state index contributed by atoms with van der Waals surface area (Å²) in [6.07, 6.45) is 0. The van der Waals surface area contributed by atoms with Crippen molar-refractivity contribution in [1.29, 1.82) is 0 Å². The van der Waals surface area contributed by atoms with Gasteiger partial charge in [0.25, 0.3) is 5.69 Å². The Morgan fingerprint density at radius 2 is 1.70 bits per heavy atom. The molecule has 7 heteroatoms. The van der Waals surface area contributed by atoms with Crippen molar-refractivity contribution < 1.29 is 13.7 Å². The van der Waals surface area contributed by atoms with E-state index in [-0.39, 0.29) is 6.54 Å². The van der Waals surface area contributed by atoms with Crippen molar-refractivity contribution in [2.45, 2.75) is 6.54 Å². The minimum absolute atomic E-state index is 0.173. The molecule has 104 valence electrons. The molecule has 0 saturated heterocycles. The molecule has 0 bridgehead atoms. The number of nitrogen functional groups attached to an aromatic ring is 1. The first-order valence-electron chi connectivity index (χ1n) is 5.69. The third-order valence-corrected chi connectivity index (χ3v) is 2.69. The van der Waals surface area contributed by atoms with Crippen LogP contribution in [-0.4, -0.2) is 4.92 Å². The normalized spacial score (nSPS) is 10.3. The Bertz CT molecular complexity index is 622.